The van der Waals surface area contributed by atoms with Crippen LogP contribution in [0.1, 0.15) is 18.5 Å². The first-order chi connectivity index (χ1) is 14.2. The van der Waals surface area contributed by atoms with E-state index in [1.165, 1.54) is 11.3 Å². The minimum absolute atomic E-state index is 0.190. The van der Waals surface area contributed by atoms with E-state index in [2.05, 4.69) is 25.5 Å². The Bertz CT molecular complexity index is 1130. The highest BCUT2D eigenvalue weighted by Crippen LogP contribution is 2.30. The van der Waals surface area contributed by atoms with Gasteiger partial charge in [0.05, 0.1) is 25.1 Å². The van der Waals surface area contributed by atoms with Gasteiger partial charge in [-0.25, -0.2) is 15.0 Å². The van der Waals surface area contributed by atoms with Crippen LogP contribution in [0.25, 0.3) is 21.6 Å². The molecule has 9 heteroatoms. The number of rotatable bonds is 5. The van der Waals surface area contributed by atoms with E-state index in [1.54, 1.807) is 12.4 Å². The van der Waals surface area contributed by atoms with E-state index < -0.39 is 0 Å². The quantitative estimate of drug-likeness (QED) is 0.513. The maximum atomic E-state index is 6.06. The molecule has 0 unspecified atom stereocenters. The van der Waals surface area contributed by atoms with Gasteiger partial charge >= 0.3 is 0 Å². The fourth-order valence-electron chi connectivity index (χ4n) is 3.28. The summed E-state index contributed by atoms with van der Waals surface area (Å²) in [7, 11) is 0. The van der Waals surface area contributed by atoms with Crippen molar-refractivity contribution in [1.82, 2.24) is 25.1 Å². The van der Waals surface area contributed by atoms with E-state index in [4.69, 9.17) is 14.5 Å². The molecule has 0 radical (unpaired) electrons. The minimum atomic E-state index is 0.190. The second kappa shape index (κ2) is 7.76. The number of thiazole rings is 1. The largest absolute Gasteiger partial charge is 0.490 e. The molecule has 1 aliphatic heterocycles. The van der Waals surface area contributed by atoms with E-state index >= 15 is 0 Å². The van der Waals surface area contributed by atoms with E-state index in [9.17, 15) is 0 Å². The van der Waals surface area contributed by atoms with Crippen LogP contribution in [0, 0.1) is 6.92 Å². The van der Waals surface area contributed by atoms with Crippen molar-refractivity contribution in [3.63, 3.8) is 0 Å². The van der Waals surface area contributed by atoms with Crippen molar-refractivity contribution in [1.29, 1.82) is 0 Å². The van der Waals surface area contributed by atoms with Crippen molar-refractivity contribution in [3.05, 3.63) is 42.4 Å². The van der Waals surface area contributed by atoms with Crippen LogP contribution in [0.5, 0.6) is 5.75 Å². The molecule has 8 nitrogen and oxygen atoms in total. The van der Waals surface area contributed by atoms with Crippen LogP contribution >= 0.6 is 11.3 Å². The number of aromatic amines is 1. The van der Waals surface area contributed by atoms with Crippen LogP contribution < -0.4 is 10.1 Å². The summed E-state index contributed by atoms with van der Waals surface area (Å²) in [6.45, 7) is 3.48. The van der Waals surface area contributed by atoms with Crippen LogP contribution in [0.2, 0.25) is 0 Å². The van der Waals surface area contributed by atoms with Crippen LogP contribution in [-0.2, 0) is 4.74 Å². The maximum absolute atomic E-state index is 6.06. The van der Waals surface area contributed by atoms with Crippen LogP contribution in [-0.4, -0.2) is 44.5 Å². The maximum Gasteiger partial charge on any atom is 0.190 e. The zero-order chi connectivity index (χ0) is 19.6. The van der Waals surface area contributed by atoms with Gasteiger partial charge in [-0.3, -0.25) is 5.10 Å². The van der Waals surface area contributed by atoms with Crippen LogP contribution in [0.4, 0.5) is 10.9 Å². The van der Waals surface area contributed by atoms with Gasteiger partial charge in [-0.05, 0) is 25.1 Å². The smallest absolute Gasteiger partial charge is 0.190 e. The van der Waals surface area contributed by atoms with Gasteiger partial charge in [0.25, 0.3) is 0 Å². The second-order valence-electron chi connectivity index (χ2n) is 6.88. The molecular weight excluding hydrogens is 388 g/mol. The zero-order valence-corrected chi connectivity index (χ0v) is 16.7. The number of hydrogen-bond acceptors (Lipinski definition) is 8. The first kappa shape index (κ1) is 18.0. The van der Waals surface area contributed by atoms with Gasteiger partial charge in [0.2, 0.25) is 0 Å². The Balaban J connectivity index is 1.35. The van der Waals surface area contributed by atoms with Gasteiger partial charge in [0.1, 0.15) is 28.0 Å². The molecule has 2 N–H and O–H groups in total. The second-order valence-corrected chi connectivity index (χ2v) is 7.86. The summed E-state index contributed by atoms with van der Waals surface area (Å²) >= 11 is 1.49. The normalized spacial score (nSPS) is 14.9. The van der Waals surface area contributed by atoms with Gasteiger partial charge in [-0.15, -0.1) is 0 Å². The lowest BCUT2D eigenvalue weighted by Crippen LogP contribution is -2.25. The summed E-state index contributed by atoms with van der Waals surface area (Å²) in [5.74, 6) is 1.49. The molecule has 29 heavy (non-hydrogen) atoms. The van der Waals surface area contributed by atoms with Gasteiger partial charge in [-0.1, -0.05) is 11.3 Å². The standard InChI is InChI=1S/C20H20N6O2S/c1-12-15(11-22-26-12)16-2-3-17-19(23-16)29-20(24-17)25-18-10-14(4-7-21-18)28-13-5-8-27-9-6-13/h2-4,7,10-11,13H,5-6,8-9H2,1H3,(H,22,26)(H,21,24,25). The molecule has 0 bridgehead atoms. The lowest BCUT2D eigenvalue weighted by Gasteiger charge is -2.23. The number of hydrogen-bond donors (Lipinski definition) is 2. The van der Waals surface area contributed by atoms with Crippen LogP contribution in [0.15, 0.2) is 36.7 Å². The summed E-state index contributed by atoms with van der Waals surface area (Å²) in [6, 6.07) is 7.71. The van der Waals surface area contributed by atoms with Gasteiger partial charge < -0.3 is 14.8 Å². The average molecular weight is 408 g/mol. The van der Waals surface area contributed by atoms with Gasteiger partial charge in [-0.2, -0.15) is 5.10 Å². The van der Waals surface area contributed by atoms with Crippen molar-refractivity contribution < 1.29 is 9.47 Å². The molecule has 1 fully saturated rings. The summed E-state index contributed by atoms with van der Waals surface area (Å²) in [4.78, 5) is 14.6. The molecule has 148 valence electrons. The highest BCUT2D eigenvalue weighted by Gasteiger charge is 2.16. The molecule has 1 saturated heterocycles. The lowest BCUT2D eigenvalue weighted by molar-refractivity contribution is 0.0256. The van der Waals surface area contributed by atoms with Crippen molar-refractivity contribution in [2.75, 3.05) is 18.5 Å². The third-order valence-electron chi connectivity index (χ3n) is 4.80. The van der Waals surface area contributed by atoms with Gasteiger partial charge in [0, 0.05) is 36.4 Å². The van der Waals surface area contributed by atoms with Crippen LogP contribution in [0.3, 0.4) is 0 Å². The van der Waals surface area contributed by atoms with Crippen molar-refractivity contribution in [2.24, 2.45) is 0 Å². The molecule has 0 spiro atoms. The lowest BCUT2D eigenvalue weighted by atomic mass is 10.1. The molecule has 4 aromatic heterocycles. The molecule has 0 atom stereocenters. The topological polar surface area (TPSA) is 97.8 Å². The predicted molar refractivity (Wildman–Crippen MR) is 112 cm³/mol. The zero-order valence-electron chi connectivity index (χ0n) is 15.9. The first-order valence-corrected chi connectivity index (χ1v) is 10.3. The first-order valence-electron chi connectivity index (χ1n) is 9.50. The van der Waals surface area contributed by atoms with E-state index in [0.717, 1.165) is 64.2 Å². The number of pyridine rings is 2. The molecule has 5 rings (SSSR count). The van der Waals surface area contributed by atoms with E-state index in [-0.39, 0.29) is 6.10 Å². The number of nitrogens with zero attached hydrogens (tertiary/aromatic N) is 4. The van der Waals surface area contributed by atoms with Gasteiger partial charge in [0.15, 0.2) is 5.13 Å². The summed E-state index contributed by atoms with van der Waals surface area (Å²) in [6.07, 6.45) is 5.54. The fraction of sp³-hybridized carbons (Fsp3) is 0.300. The molecule has 0 amide bonds. The Morgan fingerprint density at radius 3 is 2.93 bits per heavy atom. The number of fused-ring (bicyclic) bond motifs is 1. The molecular formula is C20H20N6O2S. The number of H-pyrrole nitrogens is 1. The number of aryl methyl sites for hydroxylation is 1. The predicted octanol–water partition coefficient (Wildman–Crippen LogP) is 4.09. The number of nitrogens with one attached hydrogen (secondary N) is 2. The highest BCUT2D eigenvalue weighted by molar-refractivity contribution is 7.21. The Labute approximate surface area is 171 Å². The number of aromatic nitrogens is 5. The van der Waals surface area contributed by atoms with E-state index in [0.29, 0.717) is 5.82 Å². The molecule has 5 heterocycles. The number of anilines is 2. The minimum Gasteiger partial charge on any atom is -0.490 e. The van der Waals surface area contributed by atoms with Crippen molar-refractivity contribution in [2.45, 2.75) is 25.9 Å². The molecule has 0 aromatic carbocycles. The third-order valence-corrected chi connectivity index (χ3v) is 5.68. The van der Waals surface area contributed by atoms with Crippen molar-refractivity contribution in [3.8, 4) is 17.0 Å². The summed E-state index contributed by atoms with van der Waals surface area (Å²) < 4.78 is 11.4. The highest BCUT2D eigenvalue weighted by atomic mass is 32.1. The van der Waals surface area contributed by atoms with E-state index in [1.807, 2.05) is 31.2 Å². The Hall–Kier alpha value is -3.04. The third kappa shape index (κ3) is 3.92. The molecule has 1 aliphatic rings. The average Bonchev–Trinajstić information content (AvgIpc) is 3.33. The SMILES string of the molecule is Cc1[nH]ncc1-c1ccc2nc(Nc3cc(OC4CCOCC4)ccn3)sc2n1. The fourth-order valence-corrected chi connectivity index (χ4v) is 4.12. The summed E-state index contributed by atoms with van der Waals surface area (Å²) in [5, 5.41) is 11.0. The Morgan fingerprint density at radius 2 is 2.10 bits per heavy atom. The summed E-state index contributed by atoms with van der Waals surface area (Å²) in [5.41, 5.74) is 3.71. The number of ether oxygens (including phenoxy) is 2. The Kier molecular flexibility index (Phi) is 4.82. The Morgan fingerprint density at radius 1 is 1.21 bits per heavy atom. The molecule has 4 aromatic rings. The monoisotopic (exact) mass is 408 g/mol. The van der Waals surface area contributed by atoms with Crippen molar-refractivity contribution >= 4 is 32.6 Å². The molecule has 0 saturated carbocycles. The molecule has 0 aliphatic carbocycles.